The summed E-state index contributed by atoms with van der Waals surface area (Å²) in [5.41, 5.74) is -3.69. The van der Waals surface area contributed by atoms with Gasteiger partial charge in [-0.1, -0.05) is 37.6 Å². The van der Waals surface area contributed by atoms with Crippen LogP contribution in [0.25, 0.3) is 0 Å². The Balaban J connectivity index is 1.95. The van der Waals surface area contributed by atoms with Gasteiger partial charge in [0.2, 0.25) is 5.54 Å². The molecule has 1 atom stereocenters. The number of allylic oxidation sites excluding steroid dienone is 1. The van der Waals surface area contributed by atoms with Crippen LogP contribution in [0.2, 0.25) is 0 Å². The number of nitrogens with zero attached hydrogens (tertiary/aromatic N) is 1. The first-order valence-electron chi connectivity index (χ1n) is 9.98. The molecule has 32 heavy (non-hydrogen) atoms. The zero-order valence-electron chi connectivity index (χ0n) is 17.7. The molecule has 1 aliphatic carbocycles. The molecule has 4 rings (SSSR count). The number of Topliss-reactive ketones (excluding diaryl/α,β-unsaturated/α-hetero) is 1. The molecular formula is C23H21F3N2O3S. The van der Waals surface area contributed by atoms with E-state index in [0.29, 0.717) is 0 Å². The van der Waals surface area contributed by atoms with Crippen molar-refractivity contribution in [1.29, 1.82) is 0 Å². The minimum absolute atomic E-state index is 0.0103. The highest BCUT2D eigenvalue weighted by Crippen LogP contribution is 2.52. The third-order valence-electron chi connectivity index (χ3n) is 5.78. The quantitative estimate of drug-likeness (QED) is 0.714. The molecule has 0 saturated carbocycles. The molecule has 1 aliphatic heterocycles. The fourth-order valence-corrected chi connectivity index (χ4v) is 4.98. The monoisotopic (exact) mass is 462 g/mol. The second-order valence-electron chi connectivity index (χ2n) is 8.92. The largest absolute Gasteiger partial charge is 0.425 e. The first-order chi connectivity index (χ1) is 14.9. The van der Waals surface area contributed by atoms with Crippen LogP contribution in [0.1, 0.15) is 41.9 Å². The van der Waals surface area contributed by atoms with Crippen molar-refractivity contribution in [2.45, 2.75) is 45.3 Å². The van der Waals surface area contributed by atoms with Crippen molar-refractivity contribution in [3.05, 3.63) is 63.5 Å². The van der Waals surface area contributed by atoms with Gasteiger partial charge in [0.15, 0.2) is 5.78 Å². The van der Waals surface area contributed by atoms with Gasteiger partial charge in [-0.25, -0.2) is 0 Å². The van der Waals surface area contributed by atoms with Crippen LogP contribution in [0.5, 0.6) is 0 Å². The smallest absolute Gasteiger partial charge is 0.326 e. The number of alkyl halides is 3. The van der Waals surface area contributed by atoms with Crippen LogP contribution < -0.4 is 10.2 Å². The van der Waals surface area contributed by atoms with Crippen molar-refractivity contribution < 1.29 is 27.6 Å². The molecule has 2 aliphatic rings. The summed E-state index contributed by atoms with van der Waals surface area (Å²) in [6, 6.07) is 9.32. The number of carbonyl (C=O) groups excluding carboxylic acids is 3. The van der Waals surface area contributed by atoms with E-state index in [2.05, 4.69) is 0 Å². The second-order valence-corrected chi connectivity index (χ2v) is 9.87. The van der Waals surface area contributed by atoms with Gasteiger partial charge in [0.1, 0.15) is 0 Å². The maximum Gasteiger partial charge on any atom is 0.425 e. The molecule has 5 nitrogen and oxygen atoms in total. The summed E-state index contributed by atoms with van der Waals surface area (Å²) in [4.78, 5) is 40.4. The van der Waals surface area contributed by atoms with E-state index in [1.807, 2.05) is 12.2 Å². The molecule has 9 heteroatoms. The number of ketones is 1. The van der Waals surface area contributed by atoms with Crippen LogP contribution in [-0.2, 0) is 9.59 Å². The Morgan fingerprint density at radius 2 is 1.75 bits per heavy atom. The number of nitrogens with one attached hydrogen (secondary N) is 1. The van der Waals surface area contributed by atoms with Gasteiger partial charge in [-0.2, -0.15) is 13.2 Å². The Kier molecular flexibility index (Phi) is 5.08. The molecular weight excluding hydrogens is 441 g/mol. The van der Waals surface area contributed by atoms with E-state index in [-0.39, 0.29) is 29.1 Å². The lowest BCUT2D eigenvalue weighted by atomic mass is 9.72. The van der Waals surface area contributed by atoms with Gasteiger partial charge in [-0.15, -0.1) is 11.3 Å². The second kappa shape index (κ2) is 7.30. The maximum absolute atomic E-state index is 14.7. The van der Waals surface area contributed by atoms with E-state index in [4.69, 9.17) is 0 Å². The van der Waals surface area contributed by atoms with Crippen LogP contribution in [-0.4, -0.2) is 29.3 Å². The molecule has 1 aromatic heterocycles. The van der Waals surface area contributed by atoms with Crippen LogP contribution in [0.4, 0.5) is 18.9 Å². The number of rotatable bonds is 3. The number of benzene rings is 1. The standard InChI is InChI=1S/C23H21F3N2O3S/c1-13-6-8-14(9-7-13)28-15-11-21(2,3)12-16(29)18(15)22(20(28)31,23(24,25)26)27-19(30)17-5-4-10-32-17/h4-10H,11-12H2,1-3H3,(H,27,30)/t22-/m1/s1. The van der Waals surface area contributed by atoms with E-state index < -0.39 is 40.3 Å². The number of carbonyl (C=O) groups is 3. The minimum Gasteiger partial charge on any atom is -0.326 e. The fourth-order valence-electron chi connectivity index (χ4n) is 4.36. The summed E-state index contributed by atoms with van der Waals surface area (Å²) in [5, 5.41) is 3.47. The van der Waals surface area contributed by atoms with Crippen molar-refractivity contribution in [3.8, 4) is 0 Å². The maximum atomic E-state index is 14.7. The molecule has 2 aromatic rings. The molecule has 2 heterocycles. The van der Waals surface area contributed by atoms with Gasteiger partial charge in [0, 0.05) is 17.8 Å². The molecule has 1 N–H and O–H groups in total. The lowest BCUT2D eigenvalue weighted by Gasteiger charge is -2.35. The Hall–Kier alpha value is -2.94. The summed E-state index contributed by atoms with van der Waals surface area (Å²) < 4.78 is 44.1. The van der Waals surface area contributed by atoms with E-state index in [0.717, 1.165) is 21.8 Å². The number of amides is 2. The molecule has 0 fully saturated rings. The normalized spacial score (nSPS) is 22.9. The van der Waals surface area contributed by atoms with E-state index in [9.17, 15) is 27.6 Å². The van der Waals surface area contributed by atoms with Gasteiger partial charge in [0.05, 0.1) is 10.5 Å². The van der Waals surface area contributed by atoms with Gasteiger partial charge in [-0.05, 0) is 42.3 Å². The summed E-state index contributed by atoms with van der Waals surface area (Å²) in [6.45, 7) is 5.35. The summed E-state index contributed by atoms with van der Waals surface area (Å²) in [5.74, 6) is -3.24. The highest BCUT2D eigenvalue weighted by molar-refractivity contribution is 7.12. The summed E-state index contributed by atoms with van der Waals surface area (Å²) >= 11 is 0.948. The van der Waals surface area contributed by atoms with E-state index in [1.54, 1.807) is 31.4 Å². The van der Waals surface area contributed by atoms with Crippen LogP contribution in [0, 0.1) is 12.3 Å². The predicted octanol–water partition coefficient (Wildman–Crippen LogP) is 4.78. The molecule has 0 saturated heterocycles. The molecule has 0 spiro atoms. The summed E-state index contributed by atoms with van der Waals surface area (Å²) in [6.07, 6.45) is -5.30. The first-order valence-corrected chi connectivity index (χ1v) is 10.9. The zero-order valence-corrected chi connectivity index (χ0v) is 18.5. The van der Waals surface area contributed by atoms with Crippen LogP contribution in [0.3, 0.4) is 0 Å². The lowest BCUT2D eigenvalue weighted by Crippen LogP contribution is -2.66. The number of hydrogen-bond acceptors (Lipinski definition) is 4. The Labute approximate surface area is 186 Å². The van der Waals surface area contributed by atoms with Crippen LogP contribution >= 0.6 is 11.3 Å². The number of aryl methyl sites for hydroxylation is 1. The number of hydrogen-bond donors (Lipinski definition) is 1. The van der Waals surface area contributed by atoms with E-state index >= 15 is 0 Å². The third-order valence-corrected chi connectivity index (χ3v) is 6.65. The van der Waals surface area contributed by atoms with E-state index in [1.165, 1.54) is 24.3 Å². The topological polar surface area (TPSA) is 66.5 Å². The highest BCUT2D eigenvalue weighted by Gasteiger charge is 2.72. The average molecular weight is 462 g/mol. The Morgan fingerprint density at radius 1 is 1.09 bits per heavy atom. The minimum atomic E-state index is -5.23. The molecule has 1 aromatic carbocycles. The van der Waals surface area contributed by atoms with Gasteiger partial charge in [-0.3, -0.25) is 19.3 Å². The van der Waals surface area contributed by atoms with Gasteiger partial charge in [0.25, 0.3) is 11.8 Å². The van der Waals surface area contributed by atoms with Crippen molar-refractivity contribution in [1.82, 2.24) is 5.32 Å². The third kappa shape index (κ3) is 3.35. The predicted molar refractivity (Wildman–Crippen MR) is 114 cm³/mol. The first kappa shape index (κ1) is 22.3. The van der Waals surface area contributed by atoms with Crippen molar-refractivity contribution in [2.24, 2.45) is 5.41 Å². The number of thiophene rings is 1. The molecule has 0 radical (unpaired) electrons. The highest BCUT2D eigenvalue weighted by atomic mass is 32.1. The fraction of sp³-hybridized carbons (Fsp3) is 0.348. The zero-order chi connectivity index (χ0) is 23.5. The molecule has 0 bridgehead atoms. The lowest BCUT2D eigenvalue weighted by molar-refractivity contribution is -0.186. The average Bonchev–Trinajstić information content (AvgIpc) is 3.28. The van der Waals surface area contributed by atoms with Crippen LogP contribution in [0.15, 0.2) is 53.0 Å². The van der Waals surface area contributed by atoms with Crippen molar-refractivity contribution >= 4 is 34.6 Å². The van der Waals surface area contributed by atoms with Crippen molar-refractivity contribution in [2.75, 3.05) is 4.90 Å². The number of anilines is 1. The van der Waals surface area contributed by atoms with Crippen molar-refractivity contribution in [3.63, 3.8) is 0 Å². The Bertz CT molecular complexity index is 1130. The number of halogens is 3. The van der Waals surface area contributed by atoms with Gasteiger partial charge >= 0.3 is 6.18 Å². The van der Waals surface area contributed by atoms with Gasteiger partial charge < -0.3 is 5.32 Å². The summed E-state index contributed by atoms with van der Waals surface area (Å²) in [7, 11) is 0. The molecule has 168 valence electrons. The molecule has 0 unspecified atom stereocenters. The SMILES string of the molecule is Cc1ccc(N2C(=O)[C@@](NC(=O)c3cccs3)(C(F)(F)F)C3=C2CC(C)(C)CC3=O)cc1. The Morgan fingerprint density at radius 3 is 2.31 bits per heavy atom. The molecule has 2 amide bonds.